The van der Waals surface area contributed by atoms with Crippen molar-refractivity contribution < 1.29 is 0 Å². The van der Waals surface area contributed by atoms with E-state index < -0.39 is 0 Å². The second kappa shape index (κ2) is 4.04. The first-order chi connectivity index (χ1) is 7.93. The number of benzene rings is 1. The van der Waals surface area contributed by atoms with E-state index in [-0.39, 0.29) is 5.54 Å². The Morgan fingerprint density at radius 2 is 2.12 bits per heavy atom. The standard InChI is InChI=1S/C13H20N4/c1-9-15-11-7-10(16-13(2,3)8-14)5-6-12(11)17(9)4/h5-7,16H,8,14H2,1-4H3. The number of hydrogen-bond donors (Lipinski definition) is 2. The van der Waals surface area contributed by atoms with Gasteiger partial charge in [-0.15, -0.1) is 0 Å². The van der Waals surface area contributed by atoms with Crippen molar-refractivity contribution in [3.05, 3.63) is 24.0 Å². The van der Waals surface area contributed by atoms with Crippen molar-refractivity contribution in [2.75, 3.05) is 11.9 Å². The maximum Gasteiger partial charge on any atom is 0.106 e. The first-order valence-corrected chi connectivity index (χ1v) is 5.84. The lowest BCUT2D eigenvalue weighted by Gasteiger charge is -2.25. The summed E-state index contributed by atoms with van der Waals surface area (Å²) >= 11 is 0. The van der Waals surface area contributed by atoms with Crippen LogP contribution in [0.1, 0.15) is 19.7 Å². The normalized spacial score (nSPS) is 12.1. The smallest absolute Gasteiger partial charge is 0.106 e. The molecule has 17 heavy (non-hydrogen) atoms. The van der Waals surface area contributed by atoms with Gasteiger partial charge in [-0.3, -0.25) is 0 Å². The Hall–Kier alpha value is -1.55. The Kier molecular flexibility index (Phi) is 2.83. The topological polar surface area (TPSA) is 55.9 Å². The Bertz CT molecular complexity index is 540. The van der Waals surface area contributed by atoms with Gasteiger partial charge in [-0.05, 0) is 39.0 Å². The van der Waals surface area contributed by atoms with Gasteiger partial charge in [0.2, 0.25) is 0 Å². The highest BCUT2D eigenvalue weighted by Gasteiger charge is 2.15. The molecule has 0 aliphatic carbocycles. The maximum absolute atomic E-state index is 5.71. The van der Waals surface area contributed by atoms with Crippen LogP contribution in [0, 0.1) is 6.92 Å². The average molecular weight is 232 g/mol. The summed E-state index contributed by atoms with van der Waals surface area (Å²) in [4.78, 5) is 4.52. The van der Waals surface area contributed by atoms with E-state index in [1.165, 1.54) is 0 Å². The minimum Gasteiger partial charge on any atom is -0.379 e. The summed E-state index contributed by atoms with van der Waals surface area (Å²) in [6.45, 7) is 6.77. The highest BCUT2D eigenvalue weighted by molar-refractivity contribution is 5.80. The van der Waals surface area contributed by atoms with Crippen LogP contribution >= 0.6 is 0 Å². The fourth-order valence-electron chi connectivity index (χ4n) is 1.84. The number of aryl methyl sites for hydroxylation is 2. The molecular formula is C13H20N4. The van der Waals surface area contributed by atoms with Crippen LogP contribution in [0.3, 0.4) is 0 Å². The molecule has 4 heteroatoms. The predicted octanol–water partition coefficient (Wildman–Crippen LogP) is 2.03. The Labute approximate surface area is 102 Å². The van der Waals surface area contributed by atoms with Gasteiger partial charge in [-0.1, -0.05) is 0 Å². The van der Waals surface area contributed by atoms with E-state index in [0.29, 0.717) is 6.54 Å². The van der Waals surface area contributed by atoms with Crippen LogP contribution in [0.25, 0.3) is 11.0 Å². The number of hydrogen-bond acceptors (Lipinski definition) is 3. The number of nitrogens with zero attached hydrogens (tertiary/aromatic N) is 2. The van der Waals surface area contributed by atoms with Crippen LogP contribution in [0.4, 0.5) is 5.69 Å². The van der Waals surface area contributed by atoms with Gasteiger partial charge in [0.25, 0.3) is 0 Å². The highest BCUT2D eigenvalue weighted by atomic mass is 15.1. The Morgan fingerprint density at radius 1 is 1.41 bits per heavy atom. The quantitative estimate of drug-likeness (QED) is 0.851. The summed E-state index contributed by atoms with van der Waals surface area (Å²) in [7, 11) is 2.03. The zero-order valence-corrected chi connectivity index (χ0v) is 10.9. The molecule has 4 nitrogen and oxygen atoms in total. The molecule has 0 amide bonds. The molecule has 0 aliphatic heterocycles. The molecule has 0 bridgehead atoms. The second-order valence-corrected chi connectivity index (χ2v) is 5.13. The number of nitrogens with one attached hydrogen (secondary N) is 1. The molecule has 0 saturated heterocycles. The van der Waals surface area contributed by atoms with Crippen molar-refractivity contribution in [3.63, 3.8) is 0 Å². The summed E-state index contributed by atoms with van der Waals surface area (Å²) in [6, 6.07) is 6.23. The minimum atomic E-state index is -0.0997. The van der Waals surface area contributed by atoms with Crippen molar-refractivity contribution in [1.29, 1.82) is 0 Å². The first kappa shape index (κ1) is 11.9. The molecule has 1 aromatic carbocycles. The van der Waals surface area contributed by atoms with Crippen molar-refractivity contribution in [3.8, 4) is 0 Å². The lowest BCUT2D eigenvalue weighted by Crippen LogP contribution is -2.39. The molecule has 0 unspecified atom stereocenters. The van der Waals surface area contributed by atoms with Crippen LogP contribution < -0.4 is 11.1 Å². The summed E-state index contributed by atoms with van der Waals surface area (Å²) in [5.74, 6) is 1.02. The number of anilines is 1. The van der Waals surface area contributed by atoms with Gasteiger partial charge in [0.15, 0.2) is 0 Å². The summed E-state index contributed by atoms with van der Waals surface area (Å²) in [5, 5.41) is 3.41. The van der Waals surface area contributed by atoms with Crippen LogP contribution in [0.15, 0.2) is 18.2 Å². The van der Waals surface area contributed by atoms with Gasteiger partial charge < -0.3 is 15.6 Å². The van der Waals surface area contributed by atoms with Gasteiger partial charge in [0, 0.05) is 24.8 Å². The summed E-state index contributed by atoms with van der Waals surface area (Å²) in [6.07, 6.45) is 0. The molecule has 2 aromatic rings. The molecule has 1 heterocycles. The van der Waals surface area contributed by atoms with Gasteiger partial charge in [0.1, 0.15) is 5.82 Å². The number of fused-ring (bicyclic) bond motifs is 1. The molecular weight excluding hydrogens is 212 g/mol. The largest absolute Gasteiger partial charge is 0.379 e. The number of nitrogens with two attached hydrogens (primary N) is 1. The van der Waals surface area contributed by atoms with Crippen molar-refractivity contribution in [2.24, 2.45) is 12.8 Å². The van der Waals surface area contributed by atoms with E-state index in [1.807, 2.05) is 14.0 Å². The maximum atomic E-state index is 5.71. The van der Waals surface area contributed by atoms with E-state index in [2.05, 4.69) is 46.9 Å². The number of imidazole rings is 1. The zero-order chi connectivity index (χ0) is 12.6. The average Bonchev–Trinajstić information content (AvgIpc) is 2.54. The summed E-state index contributed by atoms with van der Waals surface area (Å²) < 4.78 is 2.09. The molecule has 0 fully saturated rings. The summed E-state index contributed by atoms with van der Waals surface area (Å²) in [5.41, 5.74) is 8.84. The molecule has 0 radical (unpaired) electrons. The minimum absolute atomic E-state index is 0.0997. The fourth-order valence-corrected chi connectivity index (χ4v) is 1.84. The number of aromatic nitrogens is 2. The van der Waals surface area contributed by atoms with Crippen LogP contribution in [-0.4, -0.2) is 21.6 Å². The lowest BCUT2D eigenvalue weighted by molar-refractivity contribution is 0.580. The van der Waals surface area contributed by atoms with E-state index >= 15 is 0 Å². The Balaban J connectivity index is 2.39. The first-order valence-electron chi connectivity index (χ1n) is 5.84. The molecule has 0 atom stereocenters. The van der Waals surface area contributed by atoms with Crippen LogP contribution in [0.2, 0.25) is 0 Å². The third-order valence-corrected chi connectivity index (χ3v) is 3.10. The van der Waals surface area contributed by atoms with E-state index in [1.54, 1.807) is 0 Å². The predicted molar refractivity (Wildman–Crippen MR) is 72.2 cm³/mol. The van der Waals surface area contributed by atoms with Gasteiger partial charge in [0.05, 0.1) is 11.0 Å². The van der Waals surface area contributed by atoms with Crippen LogP contribution in [0.5, 0.6) is 0 Å². The molecule has 3 N–H and O–H groups in total. The molecule has 0 aliphatic rings. The number of rotatable bonds is 3. The van der Waals surface area contributed by atoms with Gasteiger partial charge in [-0.25, -0.2) is 4.98 Å². The SMILES string of the molecule is Cc1nc2cc(NC(C)(C)CN)ccc2n1C. The molecule has 92 valence electrons. The highest BCUT2D eigenvalue weighted by Crippen LogP contribution is 2.21. The Morgan fingerprint density at radius 3 is 2.76 bits per heavy atom. The van der Waals surface area contributed by atoms with E-state index in [4.69, 9.17) is 5.73 Å². The van der Waals surface area contributed by atoms with Crippen molar-refractivity contribution in [2.45, 2.75) is 26.3 Å². The van der Waals surface area contributed by atoms with Crippen molar-refractivity contribution >= 4 is 16.7 Å². The monoisotopic (exact) mass is 232 g/mol. The molecule has 0 spiro atoms. The molecule has 1 aromatic heterocycles. The van der Waals surface area contributed by atoms with Gasteiger partial charge >= 0.3 is 0 Å². The zero-order valence-electron chi connectivity index (χ0n) is 10.9. The second-order valence-electron chi connectivity index (χ2n) is 5.13. The lowest BCUT2D eigenvalue weighted by atomic mass is 10.1. The van der Waals surface area contributed by atoms with Crippen molar-refractivity contribution in [1.82, 2.24) is 9.55 Å². The molecule has 0 saturated carbocycles. The third kappa shape index (κ3) is 2.26. The third-order valence-electron chi connectivity index (χ3n) is 3.10. The van der Waals surface area contributed by atoms with E-state index in [9.17, 15) is 0 Å². The van der Waals surface area contributed by atoms with Gasteiger partial charge in [-0.2, -0.15) is 0 Å². The fraction of sp³-hybridized carbons (Fsp3) is 0.462. The van der Waals surface area contributed by atoms with Crippen LogP contribution in [-0.2, 0) is 7.05 Å². The van der Waals surface area contributed by atoms with E-state index in [0.717, 1.165) is 22.5 Å². The molecule has 2 rings (SSSR count).